The number of hydrogen-bond donors (Lipinski definition) is 1. The summed E-state index contributed by atoms with van der Waals surface area (Å²) in [5.41, 5.74) is 10.7. The second-order valence-corrected chi connectivity index (χ2v) is 11.1. The van der Waals surface area contributed by atoms with E-state index in [-0.39, 0.29) is 23.1 Å². The van der Waals surface area contributed by atoms with Crippen molar-refractivity contribution in [2.24, 2.45) is 11.8 Å². The molecule has 38 heavy (non-hydrogen) atoms. The lowest BCUT2D eigenvalue weighted by Crippen LogP contribution is -2.37. The maximum Gasteiger partial charge on any atom is 0.340 e. The highest BCUT2D eigenvalue weighted by atomic mass is 32.1. The molecule has 0 radical (unpaired) electrons. The molecule has 0 bridgehead atoms. The van der Waals surface area contributed by atoms with Gasteiger partial charge in [0.15, 0.2) is 5.78 Å². The van der Waals surface area contributed by atoms with Gasteiger partial charge in [-0.15, -0.1) is 0 Å². The van der Waals surface area contributed by atoms with Crippen LogP contribution in [0.3, 0.4) is 0 Å². The van der Waals surface area contributed by atoms with Gasteiger partial charge in [0.1, 0.15) is 6.10 Å². The van der Waals surface area contributed by atoms with Crippen molar-refractivity contribution in [3.8, 4) is 11.1 Å². The SMILES string of the molecule is COC1CCC2CC(OC(=O)c3cc(-c4ccccc4)c4c(c3N)C(=S)c3ccccc3C4=O)CCC2C1. The summed E-state index contributed by atoms with van der Waals surface area (Å²) < 4.78 is 11.7. The topological polar surface area (TPSA) is 78.6 Å². The van der Waals surface area contributed by atoms with Crippen molar-refractivity contribution in [2.45, 2.75) is 50.7 Å². The van der Waals surface area contributed by atoms with Crippen LogP contribution in [0.4, 0.5) is 5.69 Å². The van der Waals surface area contributed by atoms with E-state index in [9.17, 15) is 9.59 Å². The van der Waals surface area contributed by atoms with Crippen LogP contribution in [0.15, 0.2) is 60.7 Å². The molecule has 4 unspecified atom stereocenters. The van der Waals surface area contributed by atoms with Crippen molar-refractivity contribution in [1.29, 1.82) is 0 Å². The molecule has 5 nitrogen and oxygen atoms in total. The Morgan fingerprint density at radius 1 is 0.842 bits per heavy atom. The van der Waals surface area contributed by atoms with Gasteiger partial charge in [0.05, 0.1) is 22.2 Å². The van der Waals surface area contributed by atoms with Crippen molar-refractivity contribution >= 4 is 34.5 Å². The molecule has 0 aliphatic heterocycles. The van der Waals surface area contributed by atoms with Gasteiger partial charge in [0, 0.05) is 29.4 Å². The highest BCUT2D eigenvalue weighted by molar-refractivity contribution is 7.81. The maximum atomic E-state index is 13.7. The van der Waals surface area contributed by atoms with E-state index in [1.807, 2.05) is 48.5 Å². The van der Waals surface area contributed by atoms with Crippen LogP contribution < -0.4 is 5.73 Å². The summed E-state index contributed by atoms with van der Waals surface area (Å²) in [7, 11) is 1.79. The molecule has 2 N–H and O–H groups in total. The average Bonchev–Trinajstić information content (AvgIpc) is 2.95. The first-order valence-electron chi connectivity index (χ1n) is 13.4. The Labute approximate surface area is 228 Å². The molecule has 194 valence electrons. The molecule has 2 fully saturated rings. The van der Waals surface area contributed by atoms with Gasteiger partial charge in [-0.25, -0.2) is 4.79 Å². The number of rotatable bonds is 4. The first-order valence-corrected chi connectivity index (χ1v) is 13.8. The lowest BCUT2D eigenvalue weighted by atomic mass is 9.69. The molecule has 6 rings (SSSR count). The zero-order chi connectivity index (χ0) is 26.4. The molecule has 0 heterocycles. The van der Waals surface area contributed by atoms with Gasteiger partial charge < -0.3 is 15.2 Å². The van der Waals surface area contributed by atoms with Crippen molar-refractivity contribution < 1.29 is 19.1 Å². The number of fused-ring (bicyclic) bond motifs is 3. The van der Waals surface area contributed by atoms with Gasteiger partial charge in [0.25, 0.3) is 0 Å². The molecule has 6 heteroatoms. The molecule has 3 aromatic rings. The van der Waals surface area contributed by atoms with Crippen molar-refractivity contribution in [3.05, 3.63) is 88.5 Å². The fourth-order valence-electron chi connectivity index (χ4n) is 6.67. The second-order valence-electron chi connectivity index (χ2n) is 10.7. The fourth-order valence-corrected chi connectivity index (χ4v) is 7.06. The lowest BCUT2D eigenvalue weighted by Gasteiger charge is -2.41. The summed E-state index contributed by atoms with van der Waals surface area (Å²) in [4.78, 5) is 27.9. The van der Waals surface area contributed by atoms with Gasteiger partial charge in [-0.05, 0) is 67.6 Å². The van der Waals surface area contributed by atoms with Gasteiger partial charge in [-0.3, -0.25) is 4.79 Å². The lowest BCUT2D eigenvalue weighted by molar-refractivity contribution is -0.0274. The number of thiocarbonyl (C=S) groups is 1. The number of benzene rings is 3. The smallest absolute Gasteiger partial charge is 0.340 e. The molecular formula is C32H31NO4S. The van der Waals surface area contributed by atoms with Crippen LogP contribution in [0.1, 0.15) is 75.9 Å². The van der Waals surface area contributed by atoms with Crippen molar-refractivity contribution in [3.63, 3.8) is 0 Å². The summed E-state index contributed by atoms with van der Waals surface area (Å²) in [6.07, 6.45) is 6.19. The molecule has 0 saturated heterocycles. The number of nitrogen functional groups attached to an aromatic ring is 1. The fraction of sp³-hybridized carbons (Fsp3) is 0.344. The van der Waals surface area contributed by atoms with Crippen LogP contribution >= 0.6 is 12.2 Å². The van der Waals surface area contributed by atoms with Crippen LogP contribution in [-0.2, 0) is 9.47 Å². The van der Waals surface area contributed by atoms with E-state index in [0.29, 0.717) is 50.6 Å². The third-order valence-electron chi connectivity index (χ3n) is 8.67. The monoisotopic (exact) mass is 525 g/mol. The van der Waals surface area contributed by atoms with Crippen molar-refractivity contribution in [2.75, 3.05) is 12.8 Å². The number of hydrogen-bond acceptors (Lipinski definition) is 6. The predicted octanol–water partition coefficient (Wildman–Crippen LogP) is 6.39. The summed E-state index contributed by atoms with van der Waals surface area (Å²) in [6.45, 7) is 0. The van der Waals surface area contributed by atoms with E-state index in [4.69, 9.17) is 27.4 Å². The van der Waals surface area contributed by atoms with E-state index < -0.39 is 5.97 Å². The number of carbonyl (C=O) groups is 2. The Morgan fingerprint density at radius 3 is 2.18 bits per heavy atom. The molecule has 0 amide bonds. The quantitative estimate of drug-likeness (QED) is 0.189. The van der Waals surface area contributed by atoms with Crippen LogP contribution in [0.25, 0.3) is 11.1 Å². The number of ketones is 1. The van der Waals surface area contributed by atoms with Crippen LogP contribution in [0.2, 0.25) is 0 Å². The highest BCUT2D eigenvalue weighted by Gasteiger charge is 2.38. The molecule has 0 aromatic heterocycles. The number of anilines is 1. The minimum Gasteiger partial charge on any atom is -0.459 e. The Morgan fingerprint density at radius 2 is 1.47 bits per heavy atom. The average molecular weight is 526 g/mol. The normalized spacial score (nSPS) is 24.2. The van der Waals surface area contributed by atoms with Gasteiger partial charge >= 0.3 is 5.97 Å². The minimum absolute atomic E-state index is 0.139. The third-order valence-corrected chi connectivity index (χ3v) is 9.09. The number of nitrogens with two attached hydrogens (primary N) is 1. The molecule has 3 aliphatic carbocycles. The molecule has 3 aliphatic rings. The van der Waals surface area contributed by atoms with Gasteiger partial charge in [-0.1, -0.05) is 66.8 Å². The summed E-state index contributed by atoms with van der Waals surface area (Å²) in [6, 6.07) is 18.6. The minimum atomic E-state index is -0.453. The standard InChI is InChI=1S/C32H31NO4S/c1-36-21-13-11-20-16-22(14-12-19(20)15-21)37-32(35)26-17-25(18-7-3-2-4-8-18)27-28(29(26)33)31(38)24-10-6-5-9-23(24)30(27)34/h2-10,17,19-22H,11-16,33H2,1H3. The van der Waals surface area contributed by atoms with E-state index in [1.165, 1.54) is 0 Å². The van der Waals surface area contributed by atoms with E-state index >= 15 is 0 Å². The van der Waals surface area contributed by atoms with Crippen molar-refractivity contribution in [1.82, 2.24) is 0 Å². The Bertz CT molecular complexity index is 1430. The number of ether oxygens (including phenoxy) is 2. The Balaban J connectivity index is 1.36. The largest absolute Gasteiger partial charge is 0.459 e. The van der Waals surface area contributed by atoms with E-state index in [2.05, 4.69) is 0 Å². The van der Waals surface area contributed by atoms with Gasteiger partial charge in [0.2, 0.25) is 0 Å². The number of esters is 1. The zero-order valence-electron chi connectivity index (χ0n) is 21.4. The molecule has 2 saturated carbocycles. The van der Waals surface area contributed by atoms with Gasteiger partial charge in [-0.2, -0.15) is 0 Å². The molecule has 0 spiro atoms. The van der Waals surface area contributed by atoms with E-state index in [0.717, 1.165) is 44.1 Å². The van der Waals surface area contributed by atoms with E-state index in [1.54, 1.807) is 19.2 Å². The number of methoxy groups -OCH3 is 1. The summed E-state index contributed by atoms with van der Waals surface area (Å²) in [5.74, 6) is 0.589. The summed E-state index contributed by atoms with van der Waals surface area (Å²) in [5, 5.41) is 0. The predicted molar refractivity (Wildman–Crippen MR) is 152 cm³/mol. The van der Waals surface area contributed by atoms with Crippen LogP contribution in [-0.4, -0.2) is 35.9 Å². The number of carbonyl (C=O) groups excluding carboxylic acids is 2. The Kier molecular flexibility index (Phi) is 6.62. The van der Waals surface area contributed by atoms with Crippen LogP contribution in [0, 0.1) is 11.8 Å². The first-order chi connectivity index (χ1) is 18.5. The second kappa shape index (κ2) is 10.1. The molecule has 3 aromatic carbocycles. The first kappa shape index (κ1) is 25.0. The highest BCUT2D eigenvalue weighted by Crippen LogP contribution is 2.43. The zero-order valence-corrected chi connectivity index (χ0v) is 22.3. The summed E-state index contributed by atoms with van der Waals surface area (Å²) >= 11 is 5.86. The third kappa shape index (κ3) is 4.26. The van der Waals surface area contributed by atoms with Crippen LogP contribution in [0.5, 0.6) is 0 Å². The Hall–Kier alpha value is -3.35. The molecule has 4 atom stereocenters. The molecular weight excluding hydrogens is 494 g/mol. The maximum absolute atomic E-state index is 13.7.